The minimum Gasteiger partial charge on any atom is -0.412 e. The van der Waals surface area contributed by atoms with Crippen LogP contribution in [-0.4, -0.2) is 109 Å². The first-order valence-electron chi connectivity index (χ1n) is 0.775. The van der Waals surface area contributed by atoms with Crippen molar-refractivity contribution in [2.45, 2.75) is 0 Å². The molecule has 0 saturated carbocycles. The molecule has 0 aliphatic heterocycles. The molecule has 0 amide bonds. The van der Waals surface area contributed by atoms with Crippen LogP contribution in [0.1, 0.15) is 0 Å². The molecule has 2 radical (unpaired) electrons. The smallest absolute Gasteiger partial charge is 0.412 e. The number of hydrogen-bond donors (Lipinski definition) is 3. The van der Waals surface area contributed by atoms with E-state index in [1.165, 1.54) is 0 Å². The molecule has 8 nitrogen and oxygen atoms in total. The first kappa shape index (κ1) is 78.1. The predicted molar refractivity (Wildman–Crippen MR) is 42.0 cm³/mol. The third-order valence-corrected chi connectivity index (χ3v) is 0. The minimum absolute atomic E-state index is 0. The molecule has 0 aliphatic rings. The van der Waals surface area contributed by atoms with E-state index in [2.05, 4.69) is 0 Å². The SMILES string of the molecule is O.O.O.O.O.OB(O)O.[Na].[Na]. The fraction of sp³-hybridized carbons (Fsp3) is 0. The monoisotopic (exact) mass is 198 g/mol. The summed E-state index contributed by atoms with van der Waals surface area (Å²) in [5.41, 5.74) is 0. The maximum Gasteiger partial charge on any atom is 0.631 e. The van der Waals surface area contributed by atoms with E-state index in [9.17, 15) is 0 Å². The summed E-state index contributed by atoms with van der Waals surface area (Å²) in [5.74, 6) is 0. The van der Waals surface area contributed by atoms with Gasteiger partial charge in [0, 0.05) is 59.1 Å². The molecule has 11 heteroatoms. The predicted octanol–water partition coefficient (Wildman–Crippen LogP) is -6.94. The molecule has 13 N–H and O–H groups in total. The van der Waals surface area contributed by atoms with Crippen molar-refractivity contribution in [3.05, 3.63) is 0 Å². The van der Waals surface area contributed by atoms with Crippen molar-refractivity contribution in [1.29, 1.82) is 0 Å². The van der Waals surface area contributed by atoms with Gasteiger partial charge in [-0.25, -0.2) is 0 Å². The van der Waals surface area contributed by atoms with Crippen molar-refractivity contribution < 1.29 is 42.5 Å². The van der Waals surface area contributed by atoms with Crippen LogP contribution in [0.15, 0.2) is 0 Å². The molecule has 0 bridgehead atoms. The Morgan fingerprint density at radius 2 is 0.545 bits per heavy atom. The van der Waals surface area contributed by atoms with Crippen LogP contribution in [0.3, 0.4) is 0 Å². The molecule has 0 saturated heterocycles. The molecule has 66 valence electrons. The molecule has 0 atom stereocenters. The Hall–Kier alpha value is 1.74. The van der Waals surface area contributed by atoms with Gasteiger partial charge < -0.3 is 42.5 Å². The maximum atomic E-state index is 7.17. The Kier molecular flexibility index (Phi) is 428. The first-order chi connectivity index (χ1) is 1.73. The second kappa shape index (κ2) is 60.2. The fourth-order valence-corrected chi connectivity index (χ4v) is 0. The largest absolute Gasteiger partial charge is 0.631 e. The van der Waals surface area contributed by atoms with Gasteiger partial charge in [0.15, 0.2) is 0 Å². The van der Waals surface area contributed by atoms with Crippen LogP contribution < -0.4 is 0 Å². The maximum absolute atomic E-state index is 7.17. The van der Waals surface area contributed by atoms with Gasteiger partial charge in [0.2, 0.25) is 0 Å². The molecule has 11 heavy (non-hydrogen) atoms. The van der Waals surface area contributed by atoms with Crippen LogP contribution in [0.25, 0.3) is 0 Å². The Morgan fingerprint density at radius 3 is 0.545 bits per heavy atom. The van der Waals surface area contributed by atoms with Crippen molar-refractivity contribution in [3.8, 4) is 0 Å². The van der Waals surface area contributed by atoms with Gasteiger partial charge in [0.1, 0.15) is 0 Å². The summed E-state index contributed by atoms with van der Waals surface area (Å²) >= 11 is 0. The van der Waals surface area contributed by atoms with Crippen LogP contribution >= 0.6 is 0 Å². The summed E-state index contributed by atoms with van der Waals surface area (Å²) in [5, 5.41) is 21.5. The number of rotatable bonds is 0. The van der Waals surface area contributed by atoms with Crippen molar-refractivity contribution in [2.75, 3.05) is 0 Å². The molecule has 0 aromatic heterocycles. The van der Waals surface area contributed by atoms with Crippen LogP contribution in [0, 0.1) is 0 Å². The zero-order valence-corrected chi connectivity index (χ0v) is 10.4. The Morgan fingerprint density at radius 1 is 0.545 bits per heavy atom. The van der Waals surface area contributed by atoms with E-state index in [4.69, 9.17) is 15.1 Å². The number of hydrogen-bond acceptors (Lipinski definition) is 3. The normalized spacial score (nSPS) is 2.45. The molecule has 0 unspecified atom stereocenters. The van der Waals surface area contributed by atoms with Crippen LogP contribution in [0.4, 0.5) is 0 Å². The van der Waals surface area contributed by atoms with Crippen molar-refractivity contribution in [1.82, 2.24) is 0 Å². The molecule has 0 spiro atoms. The second-order valence-electron chi connectivity index (χ2n) is 0.346. The Bertz CT molecular complexity index is 16.8. The second-order valence-corrected chi connectivity index (χ2v) is 0.346. The van der Waals surface area contributed by atoms with Crippen molar-refractivity contribution in [2.24, 2.45) is 0 Å². The molecule has 0 fully saturated rings. The van der Waals surface area contributed by atoms with E-state index in [1.54, 1.807) is 0 Å². The third-order valence-electron chi connectivity index (χ3n) is 0. The minimum atomic E-state index is -2.17. The van der Waals surface area contributed by atoms with Gasteiger partial charge in [-0.3, -0.25) is 0 Å². The summed E-state index contributed by atoms with van der Waals surface area (Å²) in [6, 6.07) is 0. The van der Waals surface area contributed by atoms with Gasteiger partial charge in [-0.15, -0.1) is 0 Å². The van der Waals surface area contributed by atoms with E-state index in [0.29, 0.717) is 0 Å². The van der Waals surface area contributed by atoms with Crippen molar-refractivity contribution >= 4 is 66.4 Å². The first-order valence-corrected chi connectivity index (χ1v) is 0.775. The van der Waals surface area contributed by atoms with Crippen molar-refractivity contribution in [3.63, 3.8) is 0 Å². The molecular weight excluding hydrogens is 185 g/mol. The quantitative estimate of drug-likeness (QED) is 0.323. The zero-order valence-electron chi connectivity index (χ0n) is 6.42. The standard InChI is InChI=1S/BH3O3.2Na.5H2O/c2-1(3)4;;;;;;;/h2-4H;;;5*1H2. The Labute approximate surface area is 108 Å². The molecule has 0 aromatic carbocycles. The molecule has 0 aromatic rings. The van der Waals surface area contributed by atoms with Gasteiger partial charge in [-0.2, -0.15) is 0 Å². The summed E-state index contributed by atoms with van der Waals surface area (Å²) in [6.45, 7) is 0. The van der Waals surface area contributed by atoms with E-state index in [1.807, 2.05) is 0 Å². The topological polar surface area (TPSA) is 218 Å². The summed E-state index contributed by atoms with van der Waals surface area (Å²) in [7, 11) is -2.17. The average molecular weight is 198 g/mol. The van der Waals surface area contributed by atoms with Crippen LogP contribution in [-0.2, 0) is 0 Å². The van der Waals surface area contributed by atoms with Crippen LogP contribution in [0.2, 0.25) is 0 Å². The molecule has 0 heterocycles. The summed E-state index contributed by atoms with van der Waals surface area (Å²) in [6.07, 6.45) is 0. The van der Waals surface area contributed by atoms with E-state index in [-0.39, 0.29) is 86.5 Å². The van der Waals surface area contributed by atoms with Gasteiger partial charge in [0.05, 0.1) is 0 Å². The summed E-state index contributed by atoms with van der Waals surface area (Å²) < 4.78 is 0. The van der Waals surface area contributed by atoms with Gasteiger partial charge in [-0.1, -0.05) is 0 Å². The van der Waals surface area contributed by atoms with Gasteiger partial charge in [-0.05, 0) is 0 Å². The Balaban J connectivity index is -0.00000000214. The fourth-order valence-electron chi connectivity index (χ4n) is 0. The molecular formula is H13BNa2O8. The zero-order chi connectivity index (χ0) is 3.58. The summed E-state index contributed by atoms with van der Waals surface area (Å²) in [4.78, 5) is 0. The molecule has 0 aliphatic carbocycles. The van der Waals surface area contributed by atoms with E-state index >= 15 is 0 Å². The average Bonchev–Trinajstić information content (AvgIpc) is 0.811. The molecule has 0 rings (SSSR count). The van der Waals surface area contributed by atoms with E-state index in [0.717, 1.165) is 0 Å². The van der Waals surface area contributed by atoms with Crippen LogP contribution in [0.5, 0.6) is 0 Å². The van der Waals surface area contributed by atoms with Gasteiger partial charge >= 0.3 is 7.32 Å². The van der Waals surface area contributed by atoms with E-state index < -0.39 is 7.32 Å². The third kappa shape index (κ3) is 366. The van der Waals surface area contributed by atoms with Gasteiger partial charge in [0.25, 0.3) is 0 Å².